The fourth-order valence-electron chi connectivity index (χ4n) is 3.17. The summed E-state index contributed by atoms with van der Waals surface area (Å²) in [5, 5.41) is -0.0190. The van der Waals surface area contributed by atoms with Crippen molar-refractivity contribution in [3.8, 4) is 11.4 Å². The predicted molar refractivity (Wildman–Crippen MR) is 106 cm³/mol. The molecule has 1 aliphatic heterocycles. The molecule has 2 aromatic heterocycles. The van der Waals surface area contributed by atoms with E-state index in [1.54, 1.807) is 24.2 Å². The van der Waals surface area contributed by atoms with Crippen molar-refractivity contribution in [1.29, 1.82) is 0 Å². The number of fused-ring (bicyclic) bond motifs is 1. The van der Waals surface area contributed by atoms with E-state index in [-0.39, 0.29) is 11.2 Å². The Morgan fingerprint density at radius 2 is 2.19 bits per heavy atom. The van der Waals surface area contributed by atoms with Gasteiger partial charge in [0.05, 0.1) is 17.5 Å². The number of amides is 1. The Hall–Kier alpha value is -2.15. The van der Waals surface area contributed by atoms with E-state index in [9.17, 15) is 4.79 Å². The van der Waals surface area contributed by atoms with Crippen LogP contribution in [0.2, 0.25) is 0 Å². The first kappa shape index (κ1) is 18.6. The van der Waals surface area contributed by atoms with Crippen molar-refractivity contribution >= 4 is 23.5 Å². The van der Waals surface area contributed by atoms with Gasteiger partial charge in [0.2, 0.25) is 5.91 Å². The van der Waals surface area contributed by atoms with Crippen molar-refractivity contribution in [1.82, 2.24) is 19.9 Å². The van der Waals surface area contributed by atoms with Crippen LogP contribution in [0.25, 0.3) is 11.4 Å². The number of hydrogen-bond donors (Lipinski definition) is 0. The fourth-order valence-corrected chi connectivity index (χ4v) is 3.96. The first-order valence-corrected chi connectivity index (χ1v) is 9.94. The molecule has 0 fully saturated rings. The summed E-state index contributed by atoms with van der Waals surface area (Å²) in [5.41, 5.74) is 2.97. The van der Waals surface area contributed by atoms with E-state index in [0.29, 0.717) is 12.4 Å². The summed E-state index contributed by atoms with van der Waals surface area (Å²) in [6.07, 6.45) is 4.29. The standard InChI is InChI=1S/C19H25N5OS/c1-5-26-13(2)19(25)24-10-8-15-16(12-24)21-17(22-18(15)23(3)4)14-7-6-9-20-11-14/h6-7,9,11,13H,5,8,10,12H2,1-4H3/t13-/m0/s1. The van der Waals surface area contributed by atoms with Crippen LogP contribution >= 0.6 is 11.8 Å². The molecular formula is C19H25N5OS. The zero-order chi connectivity index (χ0) is 18.7. The van der Waals surface area contributed by atoms with Gasteiger partial charge in [0.25, 0.3) is 0 Å². The minimum absolute atomic E-state index is 0.0190. The summed E-state index contributed by atoms with van der Waals surface area (Å²) in [4.78, 5) is 30.4. The number of hydrogen-bond acceptors (Lipinski definition) is 6. The Morgan fingerprint density at radius 3 is 2.85 bits per heavy atom. The zero-order valence-electron chi connectivity index (χ0n) is 15.8. The fraction of sp³-hybridized carbons (Fsp3) is 0.474. The monoisotopic (exact) mass is 371 g/mol. The highest BCUT2D eigenvalue weighted by molar-refractivity contribution is 8.00. The lowest BCUT2D eigenvalue weighted by Crippen LogP contribution is -2.41. The minimum atomic E-state index is -0.0190. The van der Waals surface area contributed by atoms with Gasteiger partial charge in [-0.15, -0.1) is 11.8 Å². The molecule has 0 unspecified atom stereocenters. The molecule has 0 aromatic carbocycles. The van der Waals surface area contributed by atoms with Crippen LogP contribution in [-0.4, -0.2) is 57.4 Å². The molecule has 0 N–H and O–H groups in total. The Morgan fingerprint density at radius 1 is 1.38 bits per heavy atom. The van der Waals surface area contributed by atoms with Crippen LogP contribution in [0.3, 0.4) is 0 Å². The highest BCUT2D eigenvalue weighted by Crippen LogP contribution is 2.29. The van der Waals surface area contributed by atoms with Gasteiger partial charge in [-0.1, -0.05) is 6.92 Å². The molecule has 1 amide bonds. The largest absolute Gasteiger partial charge is 0.362 e. The maximum atomic E-state index is 12.7. The molecule has 26 heavy (non-hydrogen) atoms. The molecule has 1 aliphatic rings. The van der Waals surface area contributed by atoms with Crippen molar-refractivity contribution in [3.05, 3.63) is 35.8 Å². The van der Waals surface area contributed by atoms with Gasteiger partial charge in [0.15, 0.2) is 5.82 Å². The van der Waals surface area contributed by atoms with Gasteiger partial charge in [0.1, 0.15) is 5.82 Å². The molecule has 0 saturated carbocycles. The zero-order valence-corrected chi connectivity index (χ0v) is 16.6. The van der Waals surface area contributed by atoms with E-state index >= 15 is 0 Å². The van der Waals surface area contributed by atoms with Crippen LogP contribution in [0.1, 0.15) is 25.1 Å². The molecule has 2 aromatic rings. The number of aromatic nitrogens is 3. The number of carbonyl (C=O) groups is 1. The van der Waals surface area contributed by atoms with Gasteiger partial charge in [0, 0.05) is 44.2 Å². The quantitative estimate of drug-likeness (QED) is 0.805. The summed E-state index contributed by atoms with van der Waals surface area (Å²) >= 11 is 1.68. The maximum Gasteiger partial charge on any atom is 0.235 e. The van der Waals surface area contributed by atoms with Crippen LogP contribution in [0.4, 0.5) is 5.82 Å². The highest BCUT2D eigenvalue weighted by atomic mass is 32.2. The van der Waals surface area contributed by atoms with E-state index in [4.69, 9.17) is 9.97 Å². The number of nitrogens with zero attached hydrogens (tertiary/aromatic N) is 5. The Balaban J connectivity index is 1.95. The first-order valence-electron chi connectivity index (χ1n) is 8.89. The summed E-state index contributed by atoms with van der Waals surface area (Å²) in [6, 6.07) is 3.84. The van der Waals surface area contributed by atoms with Crippen LogP contribution in [0.15, 0.2) is 24.5 Å². The molecule has 0 bridgehead atoms. The number of thioether (sulfide) groups is 1. The molecule has 138 valence electrons. The van der Waals surface area contributed by atoms with Crippen LogP contribution in [-0.2, 0) is 17.8 Å². The number of carbonyl (C=O) groups excluding carboxylic acids is 1. The van der Waals surface area contributed by atoms with E-state index in [1.807, 2.05) is 43.0 Å². The number of rotatable bonds is 5. The second kappa shape index (κ2) is 8.03. The lowest BCUT2D eigenvalue weighted by Gasteiger charge is -2.32. The minimum Gasteiger partial charge on any atom is -0.362 e. The van der Waals surface area contributed by atoms with Crippen LogP contribution < -0.4 is 4.90 Å². The van der Waals surface area contributed by atoms with Gasteiger partial charge < -0.3 is 9.80 Å². The molecule has 6 nitrogen and oxygen atoms in total. The lowest BCUT2D eigenvalue weighted by atomic mass is 10.0. The van der Waals surface area contributed by atoms with Crippen molar-refractivity contribution in [2.24, 2.45) is 0 Å². The van der Waals surface area contributed by atoms with Crippen molar-refractivity contribution in [3.63, 3.8) is 0 Å². The van der Waals surface area contributed by atoms with Gasteiger partial charge in [-0.3, -0.25) is 9.78 Å². The Kier molecular flexibility index (Phi) is 5.76. The SMILES string of the molecule is CCS[C@@H](C)C(=O)N1CCc2c(nc(-c3cccnc3)nc2N(C)C)C1. The molecule has 7 heteroatoms. The van der Waals surface area contributed by atoms with E-state index in [0.717, 1.165) is 41.4 Å². The average molecular weight is 372 g/mol. The smallest absolute Gasteiger partial charge is 0.235 e. The third kappa shape index (κ3) is 3.82. The van der Waals surface area contributed by atoms with Crippen molar-refractivity contribution in [2.45, 2.75) is 32.1 Å². The van der Waals surface area contributed by atoms with Crippen molar-refractivity contribution in [2.75, 3.05) is 31.3 Å². The topological polar surface area (TPSA) is 62.2 Å². The molecule has 0 saturated heterocycles. The van der Waals surface area contributed by atoms with Gasteiger partial charge in [-0.25, -0.2) is 9.97 Å². The normalized spacial score (nSPS) is 14.7. The summed E-state index contributed by atoms with van der Waals surface area (Å²) in [7, 11) is 3.99. The predicted octanol–water partition coefficient (Wildman–Crippen LogP) is 2.63. The second-order valence-electron chi connectivity index (χ2n) is 6.54. The van der Waals surface area contributed by atoms with E-state index < -0.39 is 0 Å². The number of pyridine rings is 1. The van der Waals surface area contributed by atoms with E-state index in [1.165, 1.54) is 0 Å². The Labute approximate surface area is 159 Å². The van der Waals surface area contributed by atoms with Crippen LogP contribution in [0.5, 0.6) is 0 Å². The molecule has 0 spiro atoms. The molecule has 3 heterocycles. The maximum absolute atomic E-state index is 12.7. The summed E-state index contributed by atoms with van der Waals surface area (Å²) in [5.74, 6) is 2.72. The highest BCUT2D eigenvalue weighted by Gasteiger charge is 2.28. The summed E-state index contributed by atoms with van der Waals surface area (Å²) in [6.45, 7) is 5.32. The second-order valence-corrected chi connectivity index (χ2v) is 8.16. The van der Waals surface area contributed by atoms with Crippen molar-refractivity contribution < 1.29 is 4.79 Å². The van der Waals surface area contributed by atoms with Gasteiger partial charge in [-0.2, -0.15) is 0 Å². The third-order valence-corrected chi connectivity index (χ3v) is 5.50. The molecule has 0 radical (unpaired) electrons. The Bertz CT molecular complexity index is 781. The van der Waals surface area contributed by atoms with E-state index in [2.05, 4.69) is 11.9 Å². The number of anilines is 1. The molecule has 0 aliphatic carbocycles. The average Bonchev–Trinajstić information content (AvgIpc) is 2.66. The lowest BCUT2D eigenvalue weighted by molar-refractivity contribution is -0.131. The first-order chi connectivity index (χ1) is 12.5. The van der Waals surface area contributed by atoms with Crippen LogP contribution in [0, 0.1) is 0 Å². The van der Waals surface area contributed by atoms with Gasteiger partial charge >= 0.3 is 0 Å². The van der Waals surface area contributed by atoms with Gasteiger partial charge in [-0.05, 0) is 31.2 Å². The molecular weight excluding hydrogens is 346 g/mol. The third-order valence-electron chi connectivity index (χ3n) is 4.46. The molecule has 1 atom stereocenters. The molecule has 3 rings (SSSR count). The summed E-state index contributed by atoms with van der Waals surface area (Å²) < 4.78 is 0.